The lowest BCUT2D eigenvalue weighted by atomic mass is 9.91. The lowest BCUT2D eigenvalue weighted by Gasteiger charge is -2.40. The number of piperidine rings is 1. The van der Waals surface area contributed by atoms with Crippen LogP contribution in [0.3, 0.4) is 0 Å². The Labute approximate surface area is 136 Å². The van der Waals surface area contributed by atoms with E-state index < -0.39 is 5.60 Å². The number of β-amino-alcohol motifs (C(OH)–C–C–N with tert-alkyl or cyclic N) is 1. The summed E-state index contributed by atoms with van der Waals surface area (Å²) in [6.45, 7) is 4.59. The molecule has 3 heterocycles. The molecule has 1 atom stereocenters. The molecule has 0 aliphatic carbocycles. The first-order valence-electron chi connectivity index (χ1n) is 8.49. The van der Waals surface area contributed by atoms with Gasteiger partial charge in [0.1, 0.15) is 0 Å². The molecule has 0 spiro atoms. The number of ether oxygens (including phenoxy) is 1. The van der Waals surface area contributed by atoms with Gasteiger partial charge in [0.15, 0.2) is 5.76 Å². The van der Waals surface area contributed by atoms with Gasteiger partial charge in [-0.1, -0.05) is 0 Å². The topological polar surface area (TPSA) is 74.9 Å². The highest BCUT2D eigenvalue weighted by Crippen LogP contribution is 2.24. The van der Waals surface area contributed by atoms with Gasteiger partial charge in [0.25, 0.3) is 5.91 Å². The smallest absolute Gasteiger partial charge is 0.286 e. The Bertz CT molecular complexity index is 497. The Kier molecular flexibility index (Phi) is 5.35. The van der Waals surface area contributed by atoms with E-state index >= 15 is 0 Å². The van der Waals surface area contributed by atoms with Gasteiger partial charge in [0, 0.05) is 45.7 Å². The average molecular weight is 322 g/mol. The van der Waals surface area contributed by atoms with Crippen LogP contribution in [0.1, 0.15) is 36.2 Å². The standard InChI is InChI=1S/C17H26N2O4/c20-16(15-4-2-8-23-15)18-11-14-3-1-7-19(12-14)13-17(21)5-9-22-10-6-17/h2,4,8,14,21H,1,3,5-7,9-13H2,(H,18,20). The van der Waals surface area contributed by atoms with Crippen molar-refractivity contribution in [2.24, 2.45) is 5.92 Å². The molecule has 1 amide bonds. The van der Waals surface area contributed by atoms with Crippen LogP contribution in [-0.2, 0) is 4.74 Å². The quantitative estimate of drug-likeness (QED) is 0.854. The second-order valence-electron chi connectivity index (χ2n) is 6.77. The number of aliphatic hydroxyl groups is 1. The van der Waals surface area contributed by atoms with E-state index in [2.05, 4.69) is 10.2 Å². The molecule has 2 saturated heterocycles. The fraction of sp³-hybridized carbons (Fsp3) is 0.706. The van der Waals surface area contributed by atoms with Crippen LogP contribution in [-0.4, -0.2) is 60.9 Å². The summed E-state index contributed by atoms with van der Waals surface area (Å²) in [4.78, 5) is 14.3. The number of furan rings is 1. The summed E-state index contributed by atoms with van der Waals surface area (Å²) in [5.41, 5.74) is -0.614. The molecule has 1 aromatic rings. The van der Waals surface area contributed by atoms with E-state index in [4.69, 9.17) is 9.15 Å². The number of amides is 1. The molecule has 1 unspecified atom stereocenters. The van der Waals surface area contributed by atoms with Crippen LogP contribution in [0.4, 0.5) is 0 Å². The zero-order chi connectivity index (χ0) is 16.1. The lowest BCUT2D eigenvalue weighted by molar-refractivity contribution is -0.0838. The van der Waals surface area contributed by atoms with Crippen LogP contribution in [0.5, 0.6) is 0 Å². The maximum absolute atomic E-state index is 11.9. The fourth-order valence-electron chi connectivity index (χ4n) is 3.52. The monoisotopic (exact) mass is 322 g/mol. The summed E-state index contributed by atoms with van der Waals surface area (Å²) in [6, 6.07) is 3.38. The third-order valence-corrected chi connectivity index (χ3v) is 4.84. The van der Waals surface area contributed by atoms with Crippen molar-refractivity contribution < 1.29 is 19.1 Å². The normalized spacial score (nSPS) is 25.2. The van der Waals surface area contributed by atoms with Gasteiger partial charge in [-0.15, -0.1) is 0 Å². The molecule has 0 bridgehead atoms. The second-order valence-corrected chi connectivity index (χ2v) is 6.77. The highest BCUT2D eigenvalue weighted by Gasteiger charge is 2.33. The first-order valence-corrected chi connectivity index (χ1v) is 8.49. The maximum Gasteiger partial charge on any atom is 0.286 e. The van der Waals surface area contributed by atoms with Crippen molar-refractivity contribution in [3.63, 3.8) is 0 Å². The van der Waals surface area contributed by atoms with Gasteiger partial charge in [0.05, 0.1) is 11.9 Å². The van der Waals surface area contributed by atoms with E-state index in [0.29, 0.717) is 50.8 Å². The summed E-state index contributed by atoms with van der Waals surface area (Å²) in [6.07, 6.45) is 5.14. The Hall–Kier alpha value is -1.37. The first-order chi connectivity index (χ1) is 11.1. The number of nitrogens with zero attached hydrogens (tertiary/aromatic N) is 1. The molecule has 3 rings (SSSR count). The SMILES string of the molecule is O=C(NCC1CCCN(CC2(O)CCOCC2)C1)c1ccco1. The van der Waals surface area contributed by atoms with Crippen LogP contribution in [0, 0.1) is 5.92 Å². The summed E-state index contributed by atoms with van der Waals surface area (Å²) in [5.74, 6) is 0.621. The number of carbonyl (C=O) groups excluding carboxylic acids is 1. The highest BCUT2D eigenvalue weighted by atomic mass is 16.5. The summed E-state index contributed by atoms with van der Waals surface area (Å²) in [5, 5.41) is 13.6. The minimum atomic E-state index is -0.614. The molecule has 1 aromatic heterocycles. The predicted molar refractivity (Wildman–Crippen MR) is 85.2 cm³/mol. The van der Waals surface area contributed by atoms with Crippen molar-refractivity contribution in [3.05, 3.63) is 24.2 Å². The fourth-order valence-corrected chi connectivity index (χ4v) is 3.52. The Morgan fingerprint density at radius 2 is 2.26 bits per heavy atom. The molecule has 0 radical (unpaired) electrons. The number of carbonyl (C=O) groups is 1. The van der Waals surface area contributed by atoms with Crippen molar-refractivity contribution in [1.82, 2.24) is 10.2 Å². The molecule has 23 heavy (non-hydrogen) atoms. The Balaban J connectivity index is 1.45. The van der Waals surface area contributed by atoms with Crippen LogP contribution < -0.4 is 5.32 Å². The van der Waals surface area contributed by atoms with Gasteiger partial charge in [-0.25, -0.2) is 0 Å². The van der Waals surface area contributed by atoms with Crippen molar-refractivity contribution in [1.29, 1.82) is 0 Å². The van der Waals surface area contributed by atoms with Crippen molar-refractivity contribution >= 4 is 5.91 Å². The third kappa shape index (κ3) is 4.56. The van der Waals surface area contributed by atoms with Crippen molar-refractivity contribution in [2.75, 3.05) is 39.4 Å². The van der Waals surface area contributed by atoms with Gasteiger partial charge < -0.3 is 24.5 Å². The summed E-state index contributed by atoms with van der Waals surface area (Å²) < 4.78 is 10.4. The molecule has 6 nitrogen and oxygen atoms in total. The van der Waals surface area contributed by atoms with Gasteiger partial charge in [-0.3, -0.25) is 4.79 Å². The third-order valence-electron chi connectivity index (χ3n) is 4.84. The lowest BCUT2D eigenvalue weighted by Crippen LogP contribution is -2.50. The van der Waals surface area contributed by atoms with Crippen LogP contribution in [0.15, 0.2) is 22.8 Å². The zero-order valence-electron chi connectivity index (χ0n) is 13.5. The average Bonchev–Trinajstić information content (AvgIpc) is 3.08. The summed E-state index contributed by atoms with van der Waals surface area (Å²) >= 11 is 0. The number of nitrogens with one attached hydrogen (secondary N) is 1. The minimum absolute atomic E-state index is 0.157. The van der Waals surface area contributed by atoms with Crippen molar-refractivity contribution in [3.8, 4) is 0 Å². The van der Waals surface area contributed by atoms with Gasteiger partial charge in [-0.05, 0) is 37.4 Å². The molecule has 0 aromatic carbocycles. The molecular weight excluding hydrogens is 296 g/mol. The van der Waals surface area contributed by atoms with E-state index in [1.807, 2.05) is 0 Å². The first kappa shape index (κ1) is 16.5. The Morgan fingerprint density at radius 3 is 3.00 bits per heavy atom. The van der Waals surface area contributed by atoms with E-state index in [1.54, 1.807) is 12.1 Å². The van der Waals surface area contributed by atoms with Gasteiger partial charge in [-0.2, -0.15) is 0 Å². The largest absolute Gasteiger partial charge is 0.459 e. The van der Waals surface area contributed by atoms with E-state index in [9.17, 15) is 9.90 Å². The molecular formula is C17H26N2O4. The van der Waals surface area contributed by atoms with Crippen LogP contribution >= 0.6 is 0 Å². The zero-order valence-corrected chi connectivity index (χ0v) is 13.5. The molecule has 6 heteroatoms. The molecule has 2 fully saturated rings. The predicted octanol–water partition coefficient (Wildman–Crippen LogP) is 1.26. The van der Waals surface area contributed by atoms with Crippen LogP contribution in [0.25, 0.3) is 0 Å². The number of hydrogen-bond donors (Lipinski definition) is 2. The maximum atomic E-state index is 11.9. The second kappa shape index (κ2) is 7.47. The van der Waals surface area contributed by atoms with Crippen LogP contribution in [0.2, 0.25) is 0 Å². The number of likely N-dealkylation sites (tertiary alicyclic amines) is 1. The van der Waals surface area contributed by atoms with Crippen molar-refractivity contribution in [2.45, 2.75) is 31.3 Å². The number of rotatable bonds is 5. The van der Waals surface area contributed by atoms with Gasteiger partial charge >= 0.3 is 0 Å². The highest BCUT2D eigenvalue weighted by molar-refractivity contribution is 5.91. The Morgan fingerprint density at radius 1 is 1.43 bits per heavy atom. The van der Waals surface area contributed by atoms with Gasteiger partial charge in [0.2, 0.25) is 0 Å². The summed E-state index contributed by atoms with van der Waals surface area (Å²) in [7, 11) is 0. The number of hydrogen-bond acceptors (Lipinski definition) is 5. The molecule has 0 saturated carbocycles. The van der Waals surface area contributed by atoms with E-state index in [-0.39, 0.29) is 5.91 Å². The van der Waals surface area contributed by atoms with E-state index in [1.165, 1.54) is 6.26 Å². The van der Waals surface area contributed by atoms with E-state index in [0.717, 1.165) is 25.9 Å². The molecule has 2 aliphatic heterocycles. The molecule has 2 N–H and O–H groups in total. The minimum Gasteiger partial charge on any atom is -0.459 e. The molecule has 128 valence electrons. The molecule has 2 aliphatic rings.